The van der Waals surface area contributed by atoms with E-state index in [1.807, 2.05) is 20.8 Å². The number of nitrogens with zero attached hydrogens (tertiary/aromatic N) is 2. The second-order valence-corrected chi connectivity index (χ2v) is 10.9. The predicted molar refractivity (Wildman–Crippen MR) is 143 cm³/mol. The van der Waals surface area contributed by atoms with Crippen LogP contribution in [-0.2, 0) is 26.2 Å². The van der Waals surface area contributed by atoms with Crippen LogP contribution in [0.2, 0.25) is 0 Å². The summed E-state index contributed by atoms with van der Waals surface area (Å²) >= 11 is 0. The summed E-state index contributed by atoms with van der Waals surface area (Å²) in [5.74, 6) is -0.743. The maximum absolute atomic E-state index is 14.4. The van der Waals surface area contributed by atoms with Gasteiger partial charge in [0.1, 0.15) is 17.6 Å². The first-order chi connectivity index (χ1) is 17.5. The molecule has 0 spiro atoms. The van der Waals surface area contributed by atoms with Gasteiger partial charge in [0.05, 0.1) is 18.6 Å². The number of carbonyl (C=O) groups is 2. The molecule has 2 atom stereocenters. The van der Waals surface area contributed by atoms with Crippen molar-refractivity contribution in [3.8, 4) is 5.75 Å². The van der Waals surface area contributed by atoms with E-state index in [1.54, 1.807) is 49.4 Å². The fraction of sp³-hybridized carbons (Fsp3) is 0.481. The van der Waals surface area contributed by atoms with Crippen molar-refractivity contribution >= 4 is 27.5 Å². The van der Waals surface area contributed by atoms with Crippen molar-refractivity contribution < 1.29 is 27.1 Å². The van der Waals surface area contributed by atoms with Crippen LogP contribution < -0.4 is 14.4 Å². The van der Waals surface area contributed by atoms with Gasteiger partial charge in [0, 0.05) is 31.1 Å². The van der Waals surface area contributed by atoms with E-state index in [0.717, 1.165) is 12.7 Å². The smallest absolute Gasteiger partial charge is 0.242 e. The molecule has 10 heteroatoms. The van der Waals surface area contributed by atoms with E-state index in [-0.39, 0.29) is 43.8 Å². The van der Waals surface area contributed by atoms with Crippen molar-refractivity contribution in [1.29, 1.82) is 0 Å². The van der Waals surface area contributed by atoms with E-state index < -0.39 is 21.9 Å². The van der Waals surface area contributed by atoms with E-state index in [1.165, 1.54) is 15.3 Å². The lowest BCUT2D eigenvalue weighted by Gasteiger charge is -2.30. The molecule has 0 unspecified atom stereocenters. The zero-order valence-corrected chi connectivity index (χ0v) is 23.1. The first kappa shape index (κ1) is 30.1. The van der Waals surface area contributed by atoms with Crippen LogP contribution in [-0.4, -0.2) is 56.6 Å². The van der Waals surface area contributed by atoms with Gasteiger partial charge in [-0.15, -0.1) is 0 Å². The van der Waals surface area contributed by atoms with Gasteiger partial charge in [-0.1, -0.05) is 37.3 Å². The van der Waals surface area contributed by atoms with E-state index in [0.29, 0.717) is 23.6 Å². The van der Waals surface area contributed by atoms with Crippen LogP contribution in [0.5, 0.6) is 5.75 Å². The summed E-state index contributed by atoms with van der Waals surface area (Å²) in [5, 5.41) is 2.87. The zero-order valence-electron chi connectivity index (χ0n) is 22.2. The molecule has 0 saturated carbocycles. The number of anilines is 1. The maximum Gasteiger partial charge on any atom is 0.242 e. The monoisotopic (exact) mass is 535 g/mol. The quantitative estimate of drug-likeness (QED) is 0.393. The average Bonchev–Trinajstić information content (AvgIpc) is 2.85. The maximum atomic E-state index is 14.4. The Hall–Kier alpha value is -3.14. The third-order valence-corrected chi connectivity index (χ3v) is 7.23. The van der Waals surface area contributed by atoms with Crippen LogP contribution in [0, 0.1) is 5.82 Å². The van der Waals surface area contributed by atoms with Crippen molar-refractivity contribution in [2.24, 2.45) is 0 Å². The third-order valence-electron chi connectivity index (χ3n) is 6.05. The van der Waals surface area contributed by atoms with Gasteiger partial charge in [-0.3, -0.25) is 13.9 Å². The minimum absolute atomic E-state index is 0.0295. The van der Waals surface area contributed by atoms with Crippen LogP contribution in [0.1, 0.15) is 52.5 Å². The summed E-state index contributed by atoms with van der Waals surface area (Å²) in [5.41, 5.74) is 0.686. The molecule has 0 aliphatic rings. The first-order valence-corrected chi connectivity index (χ1v) is 14.4. The van der Waals surface area contributed by atoms with E-state index in [2.05, 4.69) is 5.32 Å². The minimum atomic E-state index is -3.66. The van der Waals surface area contributed by atoms with E-state index >= 15 is 0 Å². The molecule has 37 heavy (non-hydrogen) atoms. The number of rotatable bonds is 14. The summed E-state index contributed by atoms with van der Waals surface area (Å²) in [4.78, 5) is 27.5. The van der Waals surface area contributed by atoms with Gasteiger partial charge in [-0.05, 0) is 51.8 Å². The summed E-state index contributed by atoms with van der Waals surface area (Å²) in [6, 6.07) is 12.0. The Morgan fingerprint density at radius 3 is 2.32 bits per heavy atom. The summed E-state index contributed by atoms with van der Waals surface area (Å²) in [6.45, 7) is 7.55. The highest BCUT2D eigenvalue weighted by Crippen LogP contribution is 2.30. The lowest BCUT2D eigenvalue weighted by atomic mass is 10.1. The molecule has 0 aromatic heterocycles. The molecule has 0 aliphatic heterocycles. The third kappa shape index (κ3) is 8.73. The standard InChI is InChI=1S/C27H38FN3O5S/c1-6-20(3)29-27(33)21(4)30(19-22-13-8-9-14-23(22)28)26(32)17-12-18-31(37(5,34)35)24-15-10-11-16-25(24)36-7-2/h8-11,13-16,20-21H,6-7,12,17-19H2,1-5H3,(H,29,33)/t20-,21-/m1/s1. The van der Waals surface area contributed by atoms with Crippen LogP contribution in [0.3, 0.4) is 0 Å². The lowest BCUT2D eigenvalue weighted by Crippen LogP contribution is -2.49. The number of para-hydroxylation sites is 2. The highest BCUT2D eigenvalue weighted by atomic mass is 32.2. The Morgan fingerprint density at radius 1 is 1.05 bits per heavy atom. The minimum Gasteiger partial charge on any atom is -0.492 e. The van der Waals surface area contributed by atoms with Crippen molar-refractivity contribution in [3.63, 3.8) is 0 Å². The van der Waals surface area contributed by atoms with Gasteiger partial charge in [-0.25, -0.2) is 12.8 Å². The Kier molecular flexibility index (Phi) is 11.4. The number of amides is 2. The van der Waals surface area contributed by atoms with Gasteiger partial charge >= 0.3 is 0 Å². The molecule has 2 aromatic rings. The molecule has 0 aliphatic carbocycles. The SMILES string of the molecule is CCOc1ccccc1N(CCCC(=O)N(Cc1ccccc1F)[C@H](C)C(=O)N[C@H](C)CC)S(C)(=O)=O. The van der Waals surface area contributed by atoms with Crippen molar-refractivity contribution in [2.45, 2.75) is 65.6 Å². The summed E-state index contributed by atoms with van der Waals surface area (Å²) < 4.78 is 46.4. The number of carbonyl (C=O) groups excluding carboxylic acids is 2. The van der Waals surface area contributed by atoms with Gasteiger partial charge in [0.25, 0.3) is 0 Å². The van der Waals surface area contributed by atoms with Crippen LogP contribution >= 0.6 is 0 Å². The highest BCUT2D eigenvalue weighted by Gasteiger charge is 2.28. The molecular formula is C27H38FN3O5S. The average molecular weight is 536 g/mol. The molecule has 0 heterocycles. The molecule has 8 nitrogen and oxygen atoms in total. The second-order valence-electron chi connectivity index (χ2n) is 8.95. The van der Waals surface area contributed by atoms with Crippen molar-refractivity contribution in [1.82, 2.24) is 10.2 Å². The largest absolute Gasteiger partial charge is 0.492 e. The number of hydrogen-bond acceptors (Lipinski definition) is 5. The van der Waals surface area contributed by atoms with Crippen LogP contribution in [0.4, 0.5) is 10.1 Å². The lowest BCUT2D eigenvalue weighted by molar-refractivity contribution is -0.141. The molecular weight excluding hydrogens is 497 g/mol. The van der Waals surface area contributed by atoms with E-state index in [4.69, 9.17) is 4.74 Å². The molecule has 2 rings (SSSR count). The predicted octanol–water partition coefficient (Wildman–Crippen LogP) is 4.10. The number of sulfonamides is 1. The number of hydrogen-bond donors (Lipinski definition) is 1. The fourth-order valence-electron chi connectivity index (χ4n) is 3.78. The number of ether oxygens (including phenoxy) is 1. The first-order valence-electron chi connectivity index (χ1n) is 12.5. The Bertz CT molecular complexity index is 1160. The fourth-order valence-corrected chi connectivity index (χ4v) is 4.75. The molecule has 0 radical (unpaired) electrons. The van der Waals surface area contributed by atoms with Gasteiger partial charge in [-0.2, -0.15) is 0 Å². The molecule has 0 bridgehead atoms. The normalized spacial score (nSPS) is 12.9. The Morgan fingerprint density at radius 2 is 1.70 bits per heavy atom. The number of halogens is 1. The molecule has 0 fully saturated rings. The van der Waals surface area contributed by atoms with Gasteiger partial charge in [0.2, 0.25) is 21.8 Å². The molecule has 0 saturated heterocycles. The molecule has 1 N–H and O–H groups in total. The molecule has 2 amide bonds. The van der Waals surface area contributed by atoms with Crippen molar-refractivity contribution in [3.05, 3.63) is 59.9 Å². The van der Waals surface area contributed by atoms with E-state index in [9.17, 15) is 22.4 Å². The molecule has 204 valence electrons. The van der Waals surface area contributed by atoms with Crippen LogP contribution in [0.15, 0.2) is 48.5 Å². The summed E-state index contributed by atoms with van der Waals surface area (Å²) in [6.07, 6.45) is 1.99. The zero-order chi connectivity index (χ0) is 27.6. The van der Waals surface area contributed by atoms with Crippen molar-refractivity contribution in [2.75, 3.05) is 23.7 Å². The number of benzene rings is 2. The molecule has 2 aromatic carbocycles. The van der Waals surface area contributed by atoms with Gasteiger partial charge in [0.15, 0.2) is 0 Å². The van der Waals surface area contributed by atoms with Gasteiger partial charge < -0.3 is 15.0 Å². The highest BCUT2D eigenvalue weighted by molar-refractivity contribution is 7.92. The summed E-state index contributed by atoms with van der Waals surface area (Å²) in [7, 11) is -3.66. The Labute approximate surface area is 219 Å². The second kappa shape index (κ2) is 14.0. The number of nitrogens with one attached hydrogen (secondary N) is 1. The topological polar surface area (TPSA) is 96.0 Å². The Balaban J connectivity index is 2.22. The van der Waals surface area contributed by atoms with Crippen LogP contribution in [0.25, 0.3) is 0 Å².